The Bertz CT molecular complexity index is 1600. The molecule has 0 bridgehead atoms. The van der Waals surface area contributed by atoms with E-state index in [2.05, 4.69) is 118 Å². The Labute approximate surface area is 411 Å². The number of ether oxygens (including phenoxy) is 3. The van der Waals surface area contributed by atoms with Crippen LogP contribution >= 0.6 is 7.82 Å². The molecule has 384 valence electrons. The minimum absolute atomic E-state index is 0.0221. The Balaban J connectivity index is 4.97. The van der Waals surface area contributed by atoms with Gasteiger partial charge in [-0.25, -0.2) is 4.57 Å². The van der Waals surface area contributed by atoms with Gasteiger partial charge in [0.05, 0.1) is 19.8 Å². The smallest absolute Gasteiger partial charge is 0.462 e. The lowest BCUT2D eigenvalue weighted by atomic mass is 10.1. The third-order valence-electron chi connectivity index (χ3n) is 9.91. The van der Waals surface area contributed by atoms with Crippen LogP contribution in [0.5, 0.6) is 0 Å². The Hall–Kier alpha value is -4.12. The molecule has 0 heterocycles. The lowest BCUT2D eigenvalue weighted by Gasteiger charge is -2.21. The van der Waals surface area contributed by atoms with Crippen LogP contribution in [0.4, 0.5) is 0 Å². The molecule has 0 rings (SSSR count). The first-order valence-corrected chi connectivity index (χ1v) is 26.9. The minimum Gasteiger partial charge on any atom is -0.462 e. The second-order valence-electron chi connectivity index (χ2n) is 16.2. The molecule has 68 heavy (non-hydrogen) atoms. The summed E-state index contributed by atoms with van der Waals surface area (Å²) in [6.45, 7) is 4.18. The standard InChI is InChI=1S/C56H89O11P/c1-4-7-10-13-16-19-21-23-24-25-26-27-28-30-32-35-38-41-44-47-56(60)67-53(49-63-54(58)45-42-39-36-34-31-29-22-20-17-14-11-8-5-2)51-65-68(61,62)64-50-52(48-57)66-55(59)46-43-40-37-33-18-15-12-9-6-3/h7-8,10-11,16-17,19-20,23-24,26-27,29-32,36,38-39,41,52-53,57H,4-6,9,12-15,18,21-22,25,28,33-35,37,40,42-51H2,1-3H3,(H,61,62)/b10-7-,11-8-,19-16-,20-17-,24-23-,27-26-,31-29-,32-30-,39-36-,41-38-. The number of phosphoric acid groups is 1. The van der Waals surface area contributed by atoms with Crippen molar-refractivity contribution < 1.29 is 52.2 Å². The fraction of sp³-hybridized carbons (Fsp3) is 0.589. The molecule has 0 saturated heterocycles. The topological polar surface area (TPSA) is 155 Å². The van der Waals surface area contributed by atoms with Gasteiger partial charge in [0.15, 0.2) is 6.10 Å². The SMILES string of the molecule is CC/C=C\C/C=C\C/C=C\C/C=C\C/C=C\C/C=C\CCC(=O)OC(COC(=O)CC/C=C\C/C=C\C/C=C\C/C=C\CC)COP(=O)(O)OCC(CO)OC(=O)CCCCCCCCCCC. The van der Waals surface area contributed by atoms with E-state index in [4.69, 9.17) is 23.3 Å². The summed E-state index contributed by atoms with van der Waals surface area (Å²) in [4.78, 5) is 48.1. The number of esters is 3. The lowest BCUT2D eigenvalue weighted by Crippen LogP contribution is -2.30. The number of hydrogen-bond acceptors (Lipinski definition) is 10. The molecular weight excluding hydrogens is 880 g/mol. The molecule has 3 unspecified atom stereocenters. The van der Waals surface area contributed by atoms with Gasteiger partial charge in [-0.05, 0) is 83.5 Å². The van der Waals surface area contributed by atoms with Crippen LogP contribution in [0.1, 0.15) is 175 Å². The molecule has 0 amide bonds. The molecule has 0 aliphatic carbocycles. The highest BCUT2D eigenvalue weighted by Gasteiger charge is 2.28. The molecule has 0 aromatic rings. The quantitative estimate of drug-likeness (QED) is 0.0197. The number of phosphoric ester groups is 1. The van der Waals surface area contributed by atoms with Gasteiger partial charge in [0.1, 0.15) is 12.7 Å². The highest BCUT2D eigenvalue weighted by molar-refractivity contribution is 7.47. The number of aliphatic hydroxyl groups excluding tert-OH is 1. The predicted molar refractivity (Wildman–Crippen MR) is 279 cm³/mol. The van der Waals surface area contributed by atoms with Crippen molar-refractivity contribution in [3.63, 3.8) is 0 Å². The Morgan fingerprint density at radius 2 is 0.765 bits per heavy atom. The Kier molecular flexibility index (Phi) is 46.3. The van der Waals surface area contributed by atoms with Crippen LogP contribution in [0.25, 0.3) is 0 Å². The first-order chi connectivity index (χ1) is 33.2. The largest absolute Gasteiger partial charge is 0.472 e. The summed E-state index contributed by atoms with van der Waals surface area (Å²) in [6.07, 6.45) is 59.3. The number of carbonyl (C=O) groups is 3. The van der Waals surface area contributed by atoms with E-state index in [9.17, 15) is 28.9 Å². The van der Waals surface area contributed by atoms with Gasteiger partial charge in [-0.15, -0.1) is 0 Å². The van der Waals surface area contributed by atoms with E-state index in [0.717, 1.165) is 77.0 Å². The van der Waals surface area contributed by atoms with Crippen LogP contribution in [0, 0.1) is 0 Å². The molecule has 0 radical (unpaired) electrons. The molecule has 0 aliphatic heterocycles. The van der Waals surface area contributed by atoms with Crippen molar-refractivity contribution in [1.29, 1.82) is 0 Å². The highest BCUT2D eigenvalue weighted by atomic mass is 31.2. The zero-order valence-corrected chi connectivity index (χ0v) is 42.9. The number of carbonyl (C=O) groups excluding carboxylic acids is 3. The summed E-state index contributed by atoms with van der Waals surface area (Å²) in [5.74, 6) is -1.68. The second-order valence-corrected chi connectivity index (χ2v) is 17.7. The van der Waals surface area contributed by atoms with E-state index in [1.807, 2.05) is 24.3 Å². The maximum absolute atomic E-state index is 12.8. The number of hydrogen-bond donors (Lipinski definition) is 2. The van der Waals surface area contributed by atoms with Crippen molar-refractivity contribution in [2.24, 2.45) is 0 Å². The first-order valence-electron chi connectivity index (χ1n) is 25.4. The lowest BCUT2D eigenvalue weighted by molar-refractivity contribution is -0.161. The Morgan fingerprint density at radius 1 is 0.426 bits per heavy atom. The van der Waals surface area contributed by atoms with Crippen molar-refractivity contribution in [3.8, 4) is 0 Å². The van der Waals surface area contributed by atoms with Crippen LogP contribution in [0.2, 0.25) is 0 Å². The number of rotatable bonds is 45. The van der Waals surface area contributed by atoms with E-state index in [0.29, 0.717) is 25.7 Å². The van der Waals surface area contributed by atoms with E-state index >= 15 is 0 Å². The van der Waals surface area contributed by atoms with Gasteiger partial charge >= 0.3 is 25.7 Å². The fourth-order valence-corrected chi connectivity index (χ4v) is 6.88. The van der Waals surface area contributed by atoms with Crippen LogP contribution in [0.15, 0.2) is 122 Å². The maximum atomic E-state index is 12.8. The number of allylic oxidation sites excluding steroid dienone is 20. The highest BCUT2D eigenvalue weighted by Crippen LogP contribution is 2.43. The summed E-state index contributed by atoms with van der Waals surface area (Å²) in [5.41, 5.74) is 0. The third kappa shape index (κ3) is 47.0. The zero-order valence-electron chi connectivity index (χ0n) is 42.0. The monoisotopic (exact) mass is 969 g/mol. The third-order valence-corrected chi connectivity index (χ3v) is 10.9. The van der Waals surface area contributed by atoms with Gasteiger partial charge in [0.2, 0.25) is 0 Å². The molecule has 3 atom stereocenters. The van der Waals surface area contributed by atoms with Gasteiger partial charge < -0.3 is 24.2 Å². The van der Waals surface area contributed by atoms with E-state index in [-0.39, 0.29) is 19.3 Å². The van der Waals surface area contributed by atoms with E-state index in [1.165, 1.54) is 32.1 Å². The molecule has 0 aliphatic rings. The molecule has 12 heteroatoms. The van der Waals surface area contributed by atoms with Crippen molar-refractivity contribution in [1.82, 2.24) is 0 Å². The molecule has 2 N–H and O–H groups in total. The van der Waals surface area contributed by atoms with Gasteiger partial charge in [-0.2, -0.15) is 0 Å². The maximum Gasteiger partial charge on any atom is 0.472 e. The van der Waals surface area contributed by atoms with Crippen LogP contribution < -0.4 is 0 Å². The van der Waals surface area contributed by atoms with E-state index in [1.54, 1.807) is 0 Å². The predicted octanol–water partition coefficient (Wildman–Crippen LogP) is 14.5. The number of unbranched alkanes of at least 4 members (excludes halogenated alkanes) is 8. The molecule has 0 aromatic carbocycles. The Morgan fingerprint density at radius 3 is 1.18 bits per heavy atom. The first kappa shape index (κ1) is 63.9. The van der Waals surface area contributed by atoms with E-state index < -0.39 is 64.4 Å². The van der Waals surface area contributed by atoms with Gasteiger partial charge in [0, 0.05) is 19.3 Å². The number of aliphatic hydroxyl groups is 1. The molecule has 0 spiro atoms. The summed E-state index contributed by atoms with van der Waals surface area (Å²) in [6, 6.07) is 0. The molecule has 11 nitrogen and oxygen atoms in total. The fourth-order valence-electron chi connectivity index (χ4n) is 6.10. The molecule has 0 saturated carbocycles. The average Bonchev–Trinajstić information content (AvgIpc) is 3.32. The summed E-state index contributed by atoms with van der Waals surface area (Å²) in [7, 11) is -4.78. The van der Waals surface area contributed by atoms with Gasteiger partial charge in [0.25, 0.3) is 0 Å². The molecular formula is C56H89O11P. The summed E-state index contributed by atoms with van der Waals surface area (Å²) in [5, 5.41) is 9.74. The minimum atomic E-state index is -4.78. The van der Waals surface area contributed by atoms with Crippen molar-refractivity contribution in [3.05, 3.63) is 122 Å². The van der Waals surface area contributed by atoms with Crippen molar-refractivity contribution in [2.75, 3.05) is 26.4 Å². The summed E-state index contributed by atoms with van der Waals surface area (Å²) < 4.78 is 39.1. The zero-order chi connectivity index (χ0) is 49.9. The normalized spacial score (nSPS) is 14.5. The van der Waals surface area contributed by atoms with Crippen molar-refractivity contribution >= 4 is 25.7 Å². The van der Waals surface area contributed by atoms with Crippen LogP contribution in [-0.2, 0) is 42.2 Å². The van der Waals surface area contributed by atoms with Crippen LogP contribution in [-0.4, -0.2) is 66.5 Å². The van der Waals surface area contributed by atoms with Gasteiger partial charge in [-0.1, -0.05) is 194 Å². The van der Waals surface area contributed by atoms with Gasteiger partial charge in [-0.3, -0.25) is 23.4 Å². The average molecular weight is 969 g/mol. The van der Waals surface area contributed by atoms with Crippen molar-refractivity contribution in [2.45, 2.75) is 187 Å². The second kappa shape index (κ2) is 49.3. The van der Waals surface area contributed by atoms with Crippen LogP contribution in [0.3, 0.4) is 0 Å². The summed E-state index contributed by atoms with van der Waals surface area (Å²) >= 11 is 0. The molecule has 0 fully saturated rings. The molecule has 0 aromatic heterocycles.